The van der Waals surface area contributed by atoms with Gasteiger partial charge in [0.2, 0.25) is 0 Å². The van der Waals surface area contributed by atoms with Crippen LogP contribution in [0, 0.1) is 0 Å². The second-order valence-corrected chi connectivity index (χ2v) is 15.3. The maximum Gasteiger partial charge on any atom is 0.0462 e. The summed E-state index contributed by atoms with van der Waals surface area (Å²) < 4.78 is 0. The molecule has 0 spiro atoms. The van der Waals surface area contributed by atoms with Crippen molar-refractivity contribution in [2.45, 2.75) is 0 Å². The first-order chi connectivity index (χ1) is 29.2. The van der Waals surface area contributed by atoms with Crippen molar-refractivity contribution in [1.29, 1.82) is 0 Å². The highest BCUT2D eigenvalue weighted by molar-refractivity contribution is 6.16. The van der Waals surface area contributed by atoms with Gasteiger partial charge in [-0.1, -0.05) is 164 Å². The SMILES string of the molecule is c1ccc(-c2cc3ccccc3cc2-c2ccc3c(c2)c(-c2ccc4ccccc4c2)cc2cc(-c4ccc(N(c5ccccc5)c5ccccc5)cc4)ccc23)cc1. The smallest absolute Gasteiger partial charge is 0.0462 e. The van der Waals surface area contributed by atoms with E-state index in [2.05, 4.69) is 241 Å². The molecule has 0 atom stereocenters. The molecule has 0 aliphatic heterocycles. The van der Waals surface area contributed by atoms with E-state index < -0.39 is 0 Å². The van der Waals surface area contributed by atoms with Crippen molar-refractivity contribution in [3.05, 3.63) is 237 Å². The standard InChI is InChI=1S/C58H39N/c1-4-15-42(16-5-1)55-36-44-18-12-13-19-45(44)37-56(55)48-29-33-54-53-32-28-46(35-49(53)39-57(58(54)38-48)47-25-24-40-14-10-11-17-43(40)34-47)41-26-30-52(31-27-41)59(50-20-6-2-7-21-50)51-22-8-3-9-23-51/h1-39H. The normalized spacial score (nSPS) is 11.4. The molecule has 0 bridgehead atoms. The highest BCUT2D eigenvalue weighted by Crippen LogP contribution is 2.43. The van der Waals surface area contributed by atoms with Gasteiger partial charge in [-0.15, -0.1) is 0 Å². The van der Waals surface area contributed by atoms with Crippen LogP contribution in [0.2, 0.25) is 0 Å². The quantitative estimate of drug-likeness (QED) is 0.147. The third-order valence-corrected chi connectivity index (χ3v) is 11.8. The number of rotatable bonds is 7. The van der Waals surface area contributed by atoms with Gasteiger partial charge < -0.3 is 4.90 Å². The Balaban J connectivity index is 1.07. The topological polar surface area (TPSA) is 3.24 Å². The maximum absolute atomic E-state index is 2.42. The average molecular weight is 750 g/mol. The van der Waals surface area contributed by atoms with Gasteiger partial charge in [0, 0.05) is 17.1 Å². The van der Waals surface area contributed by atoms with E-state index in [4.69, 9.17) is 0 Å². The van der Waals surface area contributed by atoms with E-state index in [1.807, 2.05) is 0 Å². The summed E-state index contributed by atoms with van der Waals surface area (Å²) in [6.45, 7) is 0. The molecule has 0 aromatic heterocycles. The number of anilines is 3. The van der Waals surface area contributed by atoms with Gasteiger partial charge in [0.15, 0.2) is 0 Å². The lowest BCUT2D eigenvalue weighted by Gasteiger charge is -2.25. The van der Waals surface area contributed by atoms with E-state index in [1.54, 1.807) is 0 Å². The van der Waals surface area contributed by atoms with Gasteiger partial charge >= 0.3 is 0 Å². The molecule has 0 heterocycles. The van der Waals surface area contributed by atoms with Crippen LogP contribution in [0.4, 0.5) is 17.1 Å². The predicted octanol–water partition coefficient (Wildman–Crippen LogP) is 16.4. The van der Waals surface area contributed by atoms with Crippen LogP contribution >= 0.6 is 0 Å². The summed E-state index contributed by atoms with van der Waals surface area (Å²) in [6.07, 6.45) is 0. The van der Waals surface area contributed by atoms with E-state index in [1.165, 1.54) is 87.6 Å². The number of nitrogens with zero attached hydrogens (tertiary/aromatic N) is 1. The molecule has 1 heteroatoms. The molecule has 0 aliphatic rings. The lowest BCUT2D eigenvalue weighted by atomic mass is 9.87. The fraction of sp³-hybridized carbons (Fsp3) is 0. The van der Waals surface area contributed by atoms with Gasteiger partial charge in [-0.25, -0.2) is 0 Å². The van der Waals surface area contributed by atoms with Crippen LogP contribution in [0.1, 0.15) is 0 Å². The van der Waals surface area contributed by atoms with E-state index in [0.29, 0.717) is 0 Å². The lowest BCUT2D eigenvalue weighted by Crippen LogP contribution is -2.09. The minimum absolute atomic E-state index is 1.12. The molecule has 0 amide bonds. The summed E-state index contributed by atoms with van der Waals surface area (Å²) in [6, 6.07) is 86.3. The van der Waals surface area contributed by atoms with Crippen molar-refractivity contribution in [3.8, 4) is 44.5 Å². The Morgan fingerprint density at radius 2 is 0.644 bits per heavy atom. The van der Waals surface area contributed by atoms with Gasteiger partial charge in [0.25, 0.3) is 0 Å². The largest absolute Gasteiger partial charge is 0.311 e. The first-order valence-corrected chi connectivity index (χ1v) is 20.3. The summed E-state index contributed by atoms with van der Waals surface area (Å²) in [5.41, 5.74) is 13.1. The summed E-state index contributed by atoms with van der Waals surface area (Å²) in [7, 11) is 0. The lowest BCUT2D eigenvalue weighted by molar-refractivity contribution is 1.28. The van der Waals surface area contributed by atoms with Crippen LogP contribution in [0.15, 0.2) is 237 Å². The molecule has 11 aromatic rings. The Hall–Kier alpha value is -7.74. The zero-order valence-corrected chi connectivity index (χ0v) is 32.5. The van der Waals surface area contributed by atoms with Crippen molar-refractivity contribution < 1.29 is 0 Å². The highest BCUT2D eigenvalue weighted by Gasteiger charge is 2.16. The van der Waals surface area contributed by atoms with Crippen molar-refractivity contribution >= 4 is 60.2 Å². The van der Waals surface area contributed by atoms with Gasteiger partial charge in [-0.05, 0) is 160 Å². The van der Waals surface area contributed by atoms with Crippen LogP contribution in [0.25, 0.3) is 87.6 Å². The number of benzene rings is 11. The summed E-state index contributed by atoms with van der Waals surface area (Å²) in [5.74, 6) is 0. The van der Waals surface area contributed by atoms with Crippen molar-refractivity contribution in [3.63, 3.8) is 0 Å². The van der Waals surface area contributed by atoms with Gasteiger partial charge in [0.05, 0.1) is 0 Å². The fourth-order valence-electron chi connectivity index (χ4n) is 8.85. The average Bonchev–Trinajstić information content (AvgIpc) is 3.31. The molecule has 0 fully saturated rings. The van der Waals surface area contributed by atoms with E-state index >= 15 is 0 Å². The molecule has 0 radical (unpaired) electrons. The first-order valence-electron chi connectivity index (χ1n) is 20.3. The second-order valence-electron chi connectivity index (χ2n) is 15.3. The Morgan fingerprint density at radius 1 is 0.203 bits per heavy atom. The molecule has 0 unspecified atom stereocenters. The van der Waals surface area contributed by atoms with Gasteiger partial charge in [-0.3, -0.25) is 0 Å². The molecule has 59 heavy (non-hydrogen) atoms. The molecule has 276 valence electrons. The summed E-state index contributed by atoms with van der Waals surface area (Å²) in [4.78, 5) is 2.31. The number of para-hydroxylation sites is 2. The van der Waals surface area contributed by atoms with Crippen LogP contribution in [0.5, 0.6) is 0 Å². The Bertz CT molecular complexity index is 3260. The molecule has 0 saturated carbocycles. The van der Waals surface area contributed by atoms with Crippen LogP contribution in [-0.4, -0.2) is 0 Å². The fourth-order valence-corrected chi connectivity index (χ4v) is 8.85. The monoisotopic (exact) mass is 749 g/mol. The van der Waals surface area contributed by atoms with Crippen molar-refractivity contribution in [2.75, 3.05) is 4.90 Å². The number of hydrogen-bond acceptors (Lipinski definition) is 1. The van der Waals surface area contributed by atoms with Crippen LogP contribution in [-0.2, 0) is 0 Å². The Labute approximate surface area is 344 Å². The zero-order chi connectivity index (χ0) is 39.1. The third kappa shape index (κ3) is 6.40. The zero-order valence-electron chi connectivity index (χ0n) is 32.5. The van der Waals surface area contributed by atoms with Crippen LogP contribution in [0.3, 0.4) is 0 Å². The Kier molecular flexibility index (Phi) is 8.56. The van der Waals surface area contributed by atoms with E-state index in [-0.39, 0.29) is 0 Å². The molecule has 11 aromatic carbocycles. The van der Waals surface area contributed by atoms with Crippen molar-refractivity contribution in [1.82, 2.24) is 0 Å². The molecule has 0 saturated heterocycles. The molecule has 0 aliphatic carbocycles. The second kappa shape index (κ2) is 14.6. The maximum atomic E-state index is 2.42. The number of hydrogen-bond donors (Lipinski definition) is 0. The minimum Gasteiger partial charge on any atom is -0.311 e. The molecular weight excluding hydrogens is 711 g/mol. The summed E-state index contributed by atoms with van der Waals surface area (Å²) >= 11 is 0. The van der Waals surface area contributed by atoms with Gasteiger partial charge in [-0.2, -0.15) is 0 Å². The third-order valence-electron chi connectivity index (χ3n) is 11.8. The molecule has 11 rings (SSSR count). The number of fused-ring (bicyclic) bond motifs is 5. The van der Waals surface area contributed by atoms with E-state index in [0.717, 1.165) is 17.1 Å². The Morgan fingerprint density at radius 3 is 1.31 bits per heavy atom. The molecule has 0 N–H and O–H groups in total. The highest BCUT2D eigenvalue weighted by atomic mass is 15.1. The van der Waals surface area contributed by atoms with Crippen molar-refractivity contribution in [2.24, 2.45) is 0 Å². The van der Waals surface area contributed by atoms with Crippen LogP contribution < -0.4 is 4.90 Å². The molecule has 1 nitrogen and oxygen atoms in total. The van der Waals surface area contributed by atoms with Gasteiger partial charge in [0.1, 0.15) is 0 Å². The minimum atomic E-state index is 1.12. The summed E-state index contributed by atoms with van der Waals surface area (Å²) in [5, 5.41) is 9.94. The first kappa shape index (κ1) is 34.5. The predicted molar refractivity (Wildman–Crippen MR) is 253 cm³/mol. The molecular formula is C58H39N. The van der Waals surface area contributed by atoms with E-state index in [9.17, 15) is 0 Å².